The number of carbonyl (C=O) groups excluding carboxylic acids is 1. The SMILES string of the molecule is Cc1ccc([S+]([O-])n2c(C(=O)CN)cc3cc(Cl)c(Cl)cc32)cc1. The van der Waals surface area contributed by atoms with Crippen LogP contribution in [0.5, 0.6) is 0 Å². The molecule has 0 aliphatic carbocycles. The molecule has 1 aromatic heterocycles. The fourth-order valence-corrected chi connectivity index (χ4v) is 4.00. The van der Waals surface area contributed by atoms with Gasteiger partial charge < -0.3 is 10.3 Å². The Kier molecular flexibility index (Phi) is 4.90. The average Bonchev–Trinajstić information content (AvgIpc) is 2.93. The zero-order chi connectivity index (χ0) is 17.4. The Morgan fingerprint density at radius 1 is 1.17 bits per heavy atom. The molecular formula is C17H14Cl2N2O2S. The maximum absolute atomic E-state index is 13.1. The summed E-state index contributed by atoms with van der Waals surface area (Å²) < 4.78 is 14.5. The lowest BCUT2D eigenvalue weighted by molar-refractivity contribution is 0.0996. The highest BCUT2D eigenvalue weighted by molar-refractivity contribution is 7.90. The number of rotatable bonds is 4. The van der Waals surface area contributed by atoms with Gasteiger partial charge >= 0.3 is 0 Å². The van der Waals surface area contributed by atoms with Crippen molar-refractivity contribution in [2.24, 2.45) is 5.73 Å². The van der Waals surface area contributed by atoms with Crippen LogP contribution in [-0.4, -0.2) is 20.9 Å². The third-order valence-corrected chi connectivity index (χ3v) is 5.78. The molecule has 1 heterocycles. The number of nitrogens with zero attached hydrogens (tertiary/aromatic N) is 1. The summed E-state index contributed by atoms with van der Waals surface area (Å²) in [7, 11) is 0. The molecule has 3 rings (SSSR count). The number of nitrogens with two attached hydrogens (primary N) is 1. The van der Waals surface area contributed by atoms with Crippen LogP contribution in [0, 0.1) is 6.92 Å². The van der Waals surface area contributed by atoms with Crippen LogP contribution in [-0.2, 0) is 11.4 Å². The molecule has 0 radical (unpaired) electrons. The molecule has 0 aliphatic heterocycles. The van der Waals surface area contributed by atoms with E-state index in [0.717, 1.165) is 5.56 Å². The van der Waals surface area contributed by atoms with Gasteiger partial charge in [0.05, 0.1) is 16.6 Å². The molecule has 3 aromatic rings. The first-order valence-electron chi connectivity index (χ1n) is 7.15. The maximum atomic E-state index is 13.1. The second kappa shape index (κ2) is 6.78. The van der Waals surface area contributed by atoms with Crippen LogP contribution < -0.4 is 5.73 Å². The highest BCUT2D eigenvalue weighted by atomic mass is 35.5. The summed E-state index contributed by atoms with van der Waals surface area (Å²) in [5.41, 5.74) is 7.39. The van der Waals surface area contributed by atoms with Crippen molar-refractivity contribution in [1.82, 2.24) is 3.97 Å². The molecule has 0 bridgehead atoms. The zero-order valence-corrected chi connectivity index (χ0v) is 15.1. The third-order valence-electron chi connectivity index (χ3n) is 3.66. The molecule has 0 aliphatic rings. The normalized spacial score (nSPS) is 12.5. The zero-order valence-electron chi connectivity index (χ0n) is 12.8. The summed E-state index contributed by atoms with van der Waals surface area (Å²) in [5, 5.41) is 1.38. The Morgan fingerprint density at radius 2 is 1.79 bits per heavy atom. The summed E-state index contributed by atoms with van der Waals surface area (Å²) in [4.78, 5) is 12.8. The van der Waals surface area contributed by atoms with Crippen molar-refractivity contribution in [3.63, 3.8) is 0 Å². The second-order valence-electron chi connectivity index (χ2n) is 5.34. The predicted molar refractivity (Wildman–Crippen MR) is 98.3 cm³/mol. The van der Waals surface area contributed by atoms with Crippen molar-refractivity contribution in [2.75, 3.05) is 6.54 Å². The number of aryl methyl sites for hydroxylation is 1. The number of hydrogen-bond donors (Lipinski definition) is 1. The van der Waals surface area contributed by atoms with Gasteiger partial charge in [-0.15, -0.1) is 0 Å². The number of halogens is 2. The lowest BCUT2D eigenvalue weighted by atomic mass is 10.2. The van der Waals surface area contributed by atoms with E-state index in [1.54, 1.807) is 30.3 Å². The van der Waals surface area contributed by atoms with E-state index < -0.39 is 11.4 Å². The van der Waals surface area contributed by atoms with E-state index in [0.29, 0.717) is 25.8 Å². The van der Waals surface area contributed by atoms with E-state index in [1.165, 1.54) is 3.97 Å². The quantitative estimate of drug-likeness (QED) is 0.549. The molecule has 2 aromatic carbocycles. The number of aromatic nitrogens is 1. The lowest BCUT2D eigenvalue weighted by Gasteiger charge is -2.14. The van der Waals surface area contributed by atoms with Crippen LogP contribution in [0.15, 0.2) is 47.4 Å². The molecule has 1 atom stereocenters. The van der Waals surface area contributed by atoms with Crippen molar-refractivity contribution in [2.45, 2.75) is 11.8 Å². The van der Waals surface area contributed by atoms with Gasteiger partial charge in [0, 0.05) is 5.39 Å². The summed E-state index contributed by atoms with van der Waals surface area (Å²) in [6.07, 6.45) is 0. The van der Waals surface area contributed by atoms with Gasteiger partial charge in [0.1, 0.15) is 22.6 Å². The van der Waals surface area contributed by atoms with Crippen LogP contribution in [0.2, 0.25) is 10.0 Å². The first-order chi connectivity index (χ1) is 11.4. The van der Waals surface area contributed by atoms with E-state index >= 15 is 0 Å². The summed E-state index contributed by atoms with van der Waals surface area (Å²) >= 11 is 10.5. The number of ketones is 1. The summed E-state index contributed by atoms with van der Waals surface area (Å²) in [6.45, 7) is 1.77. The molecule has 124 valence electrons. The van der Waals surface area contributed by atoms with E-state index in [9.17, 15) is 9.35 Å². The van der Waals surface area contributed by atoms with Crippen LogP contribution in [0.1, 0.15) is 16.1 Å². The molecule has 24 heavy (non-hydrogen) atoms. The minimum Gasteiger partial charge on any atom is -0.587 e. The van der Waals surface area contributed by atoms with Crippen LogP contribution >= 0.6 is 23.2 Å². The Hall–Kier alpha value is -1.50. The third kappa shape index (κ3) is 3.06. The lowest BCUT2D eigenvalue weighted by Crippen LogP contribution is -2.22. The number of hydrogen-bond acceptors (Lipinski definition) is 3. The van der Waals surface area contributed by atoms with Crippen LogP contribution in [0.3, 0.4) is 0 Å². The van der Waals surface area contributed by atoms with Crippen molar-refractivity contribution in [3.05, 3.63) is 63.8 Å². The first-order valence-corrected chi connectivity index (χ1v) is 9.01. The van der Waals surface area contributed by atoms with Gasteiger partial charge in [-0.3, -0.25) is 4.79 Å². The molecule has 0 amide bonds. The van der Waals surface area contributed by atoms with Crippen molar-refractivity contribution < 1.29 is 9.35 Å². The van der Waals surface area contributed by atoms with E-state index in [2.05, 4.69) is 0 Å². The summed E-state index contributed by atoms with van der Waals surface area (Å²) in [6, 6.07) is 12.2. The number of Topliss-reactive ketones (excluding diaryl/α,β-unsaturated/α-hetero) is 1. The Labute approximate surface area is 152 Å². The van der Waals surface area contributed by atoms with E-state index in [4.69, 9.17) is 28.9 Å². The summed E-state index contributed by atoms with van der Waals surface area (Å²) in [5.74, 6) is -0.307. The molecule has 0 saturated carbocycles. The molecule has 0 fully saturated rings. The fraction of sp³-hybridized carbons (Fsp3) is 0.118. The van der Waals surface area contributed by atoms with E-state index in [-0.39, 0.29) is 18.0 Å². The standard InChI is InChI=1S/C17H14Cl2N2O2S/c1-10-2-4-12(5-3-10)24(23)21-15-8-14(19)13(18)6-11(15)7-16(21)17(22)9-20/h2-8H,9,20H2,1H3. The van der Waals surface area contributed by atoms with Gasteiger partial charge in [0.15, 0.2) is 10.7 Å². The number of carbonyl (C=O) groups is 1. The van der Waals surface area contributed by atoms with Gasteiger partial charge in [-0.05, 0) is 37.3 Å². The van der Waals surface area contributed by atoms with Gasteiger partial charge in [-0.25, -0.2) is 0 Å². The molecule has 7 heteroatoms. The van der Waals surface area contributed by atoms with Gasteiger partial charge in [-0.2, -0.15) is 3.97 Å². The second-order valence-corrected chi connectivity index (χ2v) is 7.49. The minimum atomic E-state index is -1.61. The highest BCUT2D eigenvalue weighted by Crippen LogP contribution is 2.32. The number of fused-ring (bicyclic) bond motifs is 1. The fourth-order valence-electron chi connectivity index (χ4n) is 2.42. The average molecular weight is 381 g/mol. The minimum absolute atomic E-state index is 0.178. The monoisotopic (exact) mass is 380 g/mol. The Balaban J connectivity index is 2.25. The van der Waals surface area contributed by atoms with Gasteiger partial charge in [0.25, 0.3) is 0 Å². The molecule has 2 N–H and O–H groups in total. The molecule has 4 nitrogen and oxygen atoms in total. The number of benzene rings is 2. The maximum Gasteiger partial charge on any atom is 0.197 e. The Bertz CT molecular complexity index is 922. The van der Waals surface area contributed by atoms with Crippen molar-refractivity contribution in [1.29, 1.82) is 0 Å². The molecule has 0 saturated heterocycles. The Morgan fingerprint density at radius 3 is 2.42 bits per heavy atom. The van der Waals surface area contributed by atoms with Gasteiger partial charge in [0.2, 0.25) is 0 Å². The first kappa shape index (κ1) is 17.3. The molecule has 1 unspecified atom stereocenters. The highest BCUT2D eigenvalue weighted by Gasteiger charge is 2.25. The van der Waals surface area contributed by atoms with Crippen LogP contribution in [0.4, 0.5) is 0 Å². The predicted octanol–water partition coefficient (Wildman–Crippen LogP) is 3.97. The van der Waals surface area contributed by atoms with Gasteiger partial charge in [-0.1, -0.05) is 40.9 Å². The molecular weight excluding hydrogens is 367 g/mol. The van der Waals surface area contributed by atoms with Crippen LogP contribution in [0.25, 0.3) is 10.9 Å². The topological polar surface area (TPSA) is 71.1 Å². The smallest absolute Gasteiger partial charge is 0.197 e. The molecule has 0 spiro atoms. The van der Waals surface area contributed by atoms with Crippen molar-refractivity contribution >= 4 is 51.2 Å². The van der Waals surface area contributed by atoms with E-state index in [1.807, 2.05) is 19.1 Å². The largest absolute Gasteiger partial charge is 0.587 e. The van der Waals surface area contributed by atoms with Crippen molar-refractivity contribution in [3.8, 4) is 0 Å².